The van der Waals surface area contributed by atoms with Crippen LogP contribution in [0.4, 0.5) is 0 Å². The summed E-state index contributed by atoms with van der Waals surface area (Å²) in [7, 11) is 0. The summed E-state index contributed by atoms with van der Waals surface area (Å²) in [6.45, 7) is 3.60. The Bertz CT molecular complexity index is 421. The van der Waals surface area contributed by atoms with Crippen molar-refractivity contribution in [3.63, 3.8) is 0 Å². The van der Waals surface area contributed by atoms with Gasteiger partial charge in [-0.25, -0.2) is 0 Å². The first-order valence-electron chi connectivity index (χ1n) is 6.93. The second kappa shape index (κ2) is 9.25. The first-order valence-corrected chi connectivity index (χ1v) is 7.34. The molecule has 0 aromatic carbocycles. The Labute approximate surface area is 126 Å². The van der Waals surface area contributed by atoms with Gasteiger partial charge in [-0.1, -0.05) is 13.3 Å². The molecule has 1 aromatic rings. The molecule has 0 saturated carbocycles. The van der Waals surface area contributed by atoms with Gasteiger partial charge in [0.25, 0.3) is 0 Å². The van der Waals surface area contributed by atoms with Gasteiger partial charge in [0.15, 0.2) is 11.1 Å². The molecule has 0 fully saturated rings. The fourth-order valence-corrected chi connectivity index (χ4v) is 2.08. The van der Waals surface area contributed by atoms with Gasteiger partial charge in [-0.05, 0) is 49.2 Å². The Morgan fingerprint density at radius 3 is 2.70 bits per heavy atom. The van der Waals surface area contributed by atoms with Crippen LogP contribution in [0.2, 0.25) is 0 Å². The Hall–Kier alpha value is -1.69. The molecule has 1 rings (SSSR count). The monoisotopic (exact) mass is 293 g/mol. The number of hydrogen-bond donors (Lipinski definition) is 3. The zero-order valence-electron chi connectivity index (χ0n) is 11.9. The lowest BCUT2D eigenvalue weighted by Gasteiger charge is -2.23. The molecular formula is C14H23N5S. The Morgan fingerprint density at radius 2 is 2.10 bits per heavy atom. The van der Waals surface area contributed by atoms with E-state index >= 15 is 0 Å². The van der Waals surface area contributed by atoms with Crippen molar-refractivity contribution in [1.29, 1.82) is 5.41 Å². The Morgan fingerprint density at radius 1 is 1.40 bits per heavy atom. The number of unbranched alkanes of at least 4 members (excludes halogenated alkanes) is 1. The van der Waals surface area contributed by atoms with Gasteiger partial charge in [-0.15, -0.1) is 0 Å². The van der Waals surface area contributed by atoms with E-state index in [2.05, 4.69) is 17.2 Å². The predicted octanol–water partition coefficient (Wildman–Crippen LogP) is 1.88. The van der Waals surface area contributed by atoms with Gasteiger partial charge >= 0.3 is 0 Å². The summed E-state index contributed by atoms with van der Waals surface area (Å²) in [6.07, 6.45) is 7.55. The highest BCUT2D eigenvalue weighted by atomic mass is 32.1. The molecule has 0 saturated heterocycles. The predicted molar refractivity (Wildman–Crippen MR) is 86.7 cm³/mol. The summed E-state index contributed by atoms with van der Waals surface area (Å²) in [5.74, 6) is -0.00581. The number of aromatic nitrogens is 1. The van der Waals surface area contributed by atoms with Gasteiger partial charge < -0.3 is 11.1 Å². The third kappa shape index (κ3) is 5.97. The summed E-state index contributed by atoms with van der Waals surface area (Å²) in [5.41, 5.74) is 6.82. The highest BCUT2D eigenvalue weighted by molar-refractivity contribution is 7.80. The lowest BCUT2D eigenvalue weighted by Crippen LogP contribution is -2.47. The quantitative estimate of drug-likeness (QED) is 0.310. The van der Waals surface area contributed by atoms with Gasteiger partial charge in [-0.3, -0.25) is 15.3 Å². The zero-order valence-corrected chi connectivity index (χ0v) is 12.7. The average molecular weight is 293 g/mol. The third-order valence-electron chi connectivity index (χ3n) is 2.94. The van der Waals surface area contributed by atoms with Crippen molar-refractivity contribution in [3.05, 3.63) is 30.1 Å². The van der Waals surface area contributed by atoms with Gasteiger partial charge in [-0.2, -0.15) is 0 Å². The minimum absolute atomic E-state index is 0.00581. The van der Waals surface area contributed by atoms with Crippen LogP contribution in [-0.4, -0.2) is 34.0 Å². The lowest BCUT2D eigenvalue weighted by atomic mass is 10.1. The van der Waals surface area contributed by atoms with Crippen LogP contribution in [0.1, 0.15) is 31.7 Å². The molecule has 0 amide bonds. The molecule has 0 aliphatic rings. The van der Waals surface area contributed by atoms with E-state index in [1.54, 1.807) is 17.3 Å². The van der Waals surface area contributed by atoms with Crippen molar-refractivity contribution in [1.82, 2.24) is 15.2 Å². The van der Waals surface area contributed by atoms with Crippen LogP contribution in [0, 0.1) is 5.41 Å². The standard InChI is InChI=1S/C14H23N5S/c1-2-3-8-18-14(20)19(13(15)16)11-4-5-12-6-9-17-10-7-12/h6-7,9-10H,2-5,8,11H2,1H3,(H3,15,16)(H,18,20). The zero-order chi connectivity index (χ0) is 14.8. The average Bonchev–Trinajstić information content (AvgIpc) is 2.44. The normalized spacial score (nSPS) is 10.1. The molecule has 110 valence electrons. The summed E-state index contributed by atoms with van der Waals surface area (Å²) in [5, 5.41) is 11.3. The van der Waals surface area contributed by atoms with Gasteiger partial charge in [0.05, 0.1) is 0 Å². The molecule has 0 aliphatic carbocycles. The maximum Gasteiger partial charge on any atom is 0.194 e. The number of nitrogens with zero attached hydrogens (tertiary/aromatic N) is 2. The maximum absolute atomic E-state index is 7.61. The van der Waals surface area contributed by atoms with Gasteiger partial charge in [0.1, 0.15) is 0 Å². The first kappa shape index (κ1) is 16.4. The van der Waals surface area contributed by atoms with Crippen molar-refractivity contribution >= 4 is 23.3 Å². The van der Waals surface area contributed by atoms with Crippen LogP contribution in [-0.2, 0) is 6.42 Å². The molecule has 0 aliphatic heterocycles. The van der Waals surface area contributed by atoms with Crippen molar-refractivity contribution in [2.75, 3.05) is 13.1 Å². The molecule has 0 spiro atoms. The summed E-state index contributed by atoms with van der Waals surface area (Å²) in [4.78, 5) is 5.64. The second-order valence-electron chi connectivity index (χ2n) is 4.58. The van der Waals surface area contributed by atoms with Gasteiger partial charge in [0.2, 0.25) is 0 Å². The van der Waals surface area contributed by atoms with E-state index in [0.717, 1.165) is 32.2 Å². The van der Waals surface area contributed by atoms with Gasteiger partial charge in [0, 0.05) is 25.5 Å². The number of hydrogen-bond acceptors (Lipinski definition) is 3. The molecular weight excluding hydrogens is 270 g/mol. The van der Waals surface area contributed by atoms with E-state index in [0.29, 0.717) is 11.7 Å². The minimum Gasteiger partial charge on any atom is -0.370 e. The number of rotatable bonds is 7. The lowest BCUT2D eigenvalue weighted by molar-refractivity contribution is 0.550. The Balaban J connectivity index is 2.39. The number of guanidine groups is 1. The fraction of sp³-hybridized carbons (Fsp3) is 0.500. The topological polar surface area (TPSA) is 78.0 Å². The SMILES string of the molecule is CCCCNC(=S)N(CCCc1ccncc1)C(=N)N. The van der Waals surface area contributed by atoms with Crippen LogP contribution in [0.3, 0.4) is 0 Å². The van der Waals surface area contributed by atoms with Crippen LogP contribution >= 0.6 is 12.2 Å². The number of nitrogens with two attached hydrogens (primary N) is 1. The molecule has 0 radical (unpaired) electrons. The van der Waals surface area contributed by atoms with E-state index in [1.807, 2.05) is 12.1 Å². The Kier molecular flexibility index (Phi) is 7.57. The van der Waals surface area contributed by atoms with Crippen molar-refractivity contribution in [3.8, 4) is 0 Å². The maximum atomic E-state index is 7.61. The number of nitrogens with one attached hydrogen (secondary N) is 2. The molecule has 0 unspecified atom stereocenters. The first-order chi connectivity index (χ1) is 9.65. The van der Waals surface area contributed by atoms with E-state index in [-0.39, 0.29) is 5.96 Å². The number of aryl methyl sites for hydroxylation is 1. The smallest absolute Gasteiger partial charge is 0.194 e. The molecule has 0 bridgehead atoms. The largest absolute Gasteiger partial charge is 0.370 e. The molecule has 6 heteroatoms. The van der Waals surface area contributed by atoms with Crippen LogP contribution in [0.5, 0.6) is 0 Å². The summed E-state index contributed by atoms with van der Waals surface area (Å²) >= 11 is 5.28. The molecule has 20 heavy (non-hydrogen) atoms. The van der Waals surface area contributed by atoms with Crippen LogP contribution < -0.4 is 11.1 Å². The molecule has 0 atom stereocenters. The van der Waals surface area contributed by atoms with Crippen molar-refractivity contribution < 1.29 is 0 Å². The summed E-state index contributed by atoms with van der Waals surface area (Å²) in [6, 6.07) is 3.99. The fourth-order valence-electron chi connectivity index (χ4n) is 1.79. The molecule has 5 nitrogen and oxygen atoms in total. The van der Waals surface area contributed by atoms with E-state index in [4.69, 9.17) is 23.4 Å². The van der Waals surface area contributed by atoms with Crippen molar-refractivity contribution in [2.24, 2.45) is 5.73 Å². The highest BCUT2D eigenvalue weighted by Gasteiger charge is 2.11. The van der Waals surface area contributed by atoms with Crippen LogP contribution in [0.25, 0.3) is 0 Å². The van der Waals surface area contributed by atoms with Crippen molar-refractivity contribution in [2.45, 2.75) is 32.6 Å². The number of thiocarbonyl (C=S) groups is 1. The molecule has 1 aromatic heterocycles. The van der Waals surface area contributed by atoms with E-state index < -0.39 is 0 Å². The molecule has 4 N–H and O–H groups in total. The second-order valence-corrected chi connectivity index (χ2v) is 4.97. The number of pyridine rings is 1. The van der Waals surface area contributed by atoms with Crippen LogP contribution in [0.15, 0.2) is 24.5 Å². The highest BCUT2D eigenvalue weighted by Crippen LogP contribution is 2.03. The van der Waals surface area contributed by atoms with E-state index in [1.165, 1.54) is 5.56 Å². The summed E-state index contributed by atoms with van der Waals surface area (Å²) < 4.78 is 0. The van der Waals surface area contributed by atoms with E-state index in [9.17, 15) is 0 Å². The minimum atomic E-state index is -0.00581. The molecule has 1 heterocycles. The third-order valence-corrected chi connectivity index (χ3v) is 3.30.